The first-order chi connectivity index (χ1) is 12.0. The summed E-state index contributed by atoms with van der Waals surface area (Å²) in [7, 11) is 0. The van der Waals surface area contributed by atoms with Crippen LogP contribution in [0.3, 0.4) is 0 Å². The average molecular weight is 383 g/mol. The Bertz CT molecular complexity index is 641. The van der Waals surface area contributed by atoms with Crippen LogP contribution in [0.2, 0.25) is 5.02 Å². The standard InChI is InChI=1S/C18H23ClN2O3S/c1-12(22)21-7-4-15(5-8-21)24-17-3-2-13(19)10-16(17)18(23)20-14-6-9-25-11-14/h2-3,10,14-15H,4-9,11H2,1H3,(H,20,23)/t14-/m1/s1. The van der Waals surface area contributed by atoms with Gasteiger partial charge < -0.3 is 15.0 Å². The van der Waals surface area contributed by atoms with Gasteiger partial charge in [-0.2, -0.15) is 11.8 Å². The van der Waals surface area contributed by atoms with Gasteiger partial charge in [-0.05, 0) is 30.4 Å². The molecule has 2 fully saturated rings. The number of hydrogen-bond acceptors (Lipinski definition) is 4. The van der Waals surface area contributed by atoms with Crippen LogP contribution in [0.5, 0.6) is 5.75 Å². The molecule has 0 saturated carbocycles. The molecule has 2 saturated heterocycles. The van der Waals surface area contributed by atoms with E-state index in [2.05, 4.69) is 5.32 Å². The summed E-state index contributed by atoms with van der Waals surface area (Å²) >= 11 is 7.94. The molecule has 7 heteroatoms. The van der Waals surface area contributed by atoms with Crippen molar-refractivity contribution in [3.63, 3.8) is 0 Å². The number of carbonyl (C=O) groups excluding carboxylic acids is 2. The number of ether oxygens (including phenoxy) is 1. The van der Waals surface area contributed by atoms with Crippen LogP contribution in [0.4, 0.5) is 0 Å². The molecule has 3 rings (SSSR count). The SMILES string of the molecule is CC(=O)N1CCC(Oc2ccc(Cl)cc2C(=O)N[C@@H]2CCSC2)CC1. The van der Waals surface area contributed by atoms with Crippen LogP contribution >= 0.6 is 23.4 Å². The first-order valence-electron chi connectivity index (χ1n) is 8.63. The molecule has 0 radical (unpaired) electrons. The fourth-order valence-electron chi connectivity index (χ4n) is 3.16. The van der Waals surface area contributed by atoms with Gasteiger partial charge in [0.1, 0.15) is 11.9 Å². The van der Waals surface area contributed by atoms with Crippen LogP contribution in [-0.2, 0) is 4.79 Å². The Hall–Kier alpha value is -1.40. The van der Waals surface area contributed by atoms with E-state index in [0.717, 1.165) is 30.8 Å². The number of rotatable bonds is 4. The minimum absolute atomic E-state index is 0.00496. The minimum Gasteiger partial charge on any atom is -0.489 e. The molecule has 0 unspecified atom stereocenters. The second-order valence-electron chi connectivity index (χ2n) is 6.50. The molecule has 0 aliphatic carbocycles. The van der Waals surface area contributed by atoms with Crippen molar-refractivity contribution >= 4 is 35.2 Å². The molecular formula is C18H23ClN2O3S. The molecule has 1 atom stereocenters. The van der Waals surface area contributed by atoms with Crippen LogP contribution < -0.4 is 10.1 Å². The van der Waals surface area contributed by atoms with Crippen molar-refractivity contribution in [2.75, 3.05) is 24.6 Å². The van der Waals surface area contributed by atoms with Crippen LogP contribution in [-0.4, -0.2) is 53.5 Å². The van der Waals surface area contributed by atoms with Gasteiger partial charge in [0.25, 0.3) is 5.91 Å². The number of nitrogens with one attached hydrogen (secondary N) is 1. The number of thioether (sulfide) groups is 1. The van der Waals surface area contributed by atoms with Crippen molar-refractivity contribution in [2.45, 2.75) is 38.3 Å². The monoisotopic (exact) mass is 382 g/mol. The van der Waals surface area contributed by atoms with E-state index in [9.17, 15) is 9.59 Å². The van der Waals surface area contributed by atoms with Gasteiger partial charge in [-0.15, -0.1) is 0 Å². The third kappa shape index (κ3) is 4.82. The summed E-state index contributed by atoms with van der Waals surface area (Å²) in [6.45, 7) is 2.97. The lowest BCUT2D eigenvalue weighted by molar-refractivity contribution is -0.130. The maximum absolute atomic E-state index is 12.6. The van der Waals surface area contributed by atoms with E-state index in [1.54, 1.807) is 25.1 Å². The molecular weight excluding hydrogens is 360 g/mol. The largest absolute Gasteiger partial charge is 0.489 e. The van der Waals surface area contributed by atoms with E-state index in [0.29, 0.717) is 29.4 Å². The zero-order valence-corrected chi connectivity index (χ0v) is 15.9. The third-order valence-electron chi connectivity index (χ3n) is 4.63. The first-order valence-corrected chi connectivity index (χ1v) is 10.2. The number of nitrogens with zero attached hydrogens (tertiary/aromatic N) is 1. The van der Waals surface area contributed by atoms with Crippen molar-refractivity contribution in [1.82, 2.24) is 10.2 Å². The Balaban J connectivity index is 1.66. The lowest BCUT2D eigenvalue weighted by atomic mass is 10.1. The fraction of sp³-hybridized carbons (Fsp3) is 0.556. The molecule has 5 nitrogen and oxygen atoms in total. The maximum Gasteiger partial charge on any atom is 0.255 e. The predicted molar refractivity (Wildman–Crippen MR) is 101 cm³/mol. The molecule has 2 amide bonds. The molecule has 2 heterocycles. The Labute approximate surface area is 157 Å². The zero-order chi connectivity index (χ0) is 17.8. The highest BCUT2D eigenvalue weighted by atomic mass is 35.5. The van der Waals surface area contributed by atoms with Crippen molar-refractivity contribution in [3.05, 3.63) is 28.8 Å². The quantitative estimate of drug-likeness (QED) is 0.869. The molecule has 0 spiro atoms. The van der Waals surface area contributed by atoms with E-state index in [1.807, 2.05) is 16.7 Å². The van der Waals surface area contributed by atoms with Crippen LogP contribution in [0.15, 0.2) is 18.2 Å². The fourth-order valence-corrected chi connectivity index (χ4v) is 4.49. The van der Waals surface area contributed by atoms with Crippen LogP contribution in [0, 0.1) is 0 Å². The smallest absolute Gasteiger partial charge is 0.255 e. The lowest BCUT2D eigenvalue weighted by Gasteiger charge is -2.31. The highest BCUT2D eigenvalue weighted by Crippen LogP contribution is 2.27. The van der Waals surface area contributed by atoms with Gasteiger partial charge in [-0.25, -0.2) is 0 Å². The lowest BCUT2D eigenvalue weighted by Crippen LogP contribution is -2.41. The Morgan fingerprint density at radius 1 is 1.28 bits per heavy atom. The topological polar surface area (TPSA) is 58.6 Å². The molecule has 1 aromatic carbocycles. The molecule has 1 aromatic rings. The summed E-state index contributed by atoms with van der Waals surface area (Å²) < 4.78 is 6.09. The molecule has 0 bridgehead atoms. The summed E-state index contributed by atoms with van der Waals surface area (Å²) in [5.74, 6) is 2.56. The number of benzene rings is 1. The van der Waals surface area contributed by atoms with E-state index in [4.69, 9.17) is 16.3 Å². The molecule has 0 aromatic heterocycles. The number of halogens is 1. The number of likely N-dealkylation sites (tertiary alicyclic amines) is 1. The normalized spacial score (nSPS) is 21.2. The second kappa shape index (κ2) is 8.32. The first kappa shape index (κ1) is 18.4. The van der Waals surface area contributed by atoms with Crippen molar-refractivity contribution in [3.8, 4) is 5.75 Å². The molecule has 25 heavy (non-hydrogen) atoms. The summed E-state index contributed by atoms with van der Waals surface area (Å²) in [5, 5.41) is 3.59. The van der Waals surface area contributed by atoms with Gasteiger partial charge >= 0.3 is 0 Å². The van der Waals surface area contributed by atoms with Gasteiger partial charge in [0, 0.05) is 49.7 Å². The number of hydrogen-bond donors (Lipinski definition) is 1. The van der Waals surface area contributed by atoms with E-state index in [-0.39, 0.29) is 24.0 Å². The highest BCUT2D eigenvalue weighted by Gasteiger charge is 2.25. The Morgan fingerprint density at radius 3 is 2.68 bits per heavy atom. The molecule has 1 N–H and O–H groups in total. The third-order valence-corrected chi connectivity index (χ3v) is 6.03. The zero-order valence-electron chi connectivity index (χ0n) is 14.3. The number of amides is 2. The number of piperidine rings is 1. The highest BCUT2D eigenvalue weighted by molar-refractivity contribution is 7.99. The Morgan fingerprint density at radius 2 is 2.04 bits per heavy atom. The van der Waals surface area contributed by atoms with Crippen molar-refractivity contribution < 1.29 is 14.3 Å². The van der Waals surface area contributed by atoms with Gasteiger partial charge in [0.2, 0.25) is 5.91 Å². The van der Waals surface area contributed by atoms with Crippen molar-refractivity contribution in [2.24, 2.45) is 0 Å². The van der Waals surface area contributed by atoms with E-state index in [1.165, 1.54) is 0 Å². The van der Waals surface area contributed by atoms with Gasteiger partial charge in [0.05, 0.1) is 5.56 Å². The molecule has 2 aliphatic heterocycles. The van der Waals surface area contributed by atoms with Gasteiger partial charge in [0.15, 0.2) is 0 Å². The predicted octanol–water partition coefficient (Wildman–Crippen LogP) is 2.97. The Kier molecular flexibility index (Phi) is 6.12. The van der Waals surface area contributed by atoms with Gasteiger partial charge in [-0.3, -0.25) is 9.59 Å². The summed E-state index contributed by atoms with van der Waals surface area (Å²) in [6.07, 6.45) is 2.53. The summed E-state index contributed by atoms with van der Waals surface area (Å²) in [4.78, 5) is 25.9. The summed E-state index contributed by atoms with van der Waals surface area (Å²) in [6, 6.07) is 5.38. The van der Waals surface area contributed by atoms with Gasteiger partial charge in [-0.1, -0.05) is 11.6 Å². The van der Waals surface area contributed by atoms with Crippen LogP contribution in [0.1, 0.15) is 36.5 Å². The average Bonchev–Trinajstić information content (AvgIpc) is 3.10. The number of carbonyl (C=O) groups is 2. The minimum atomic E-state index is -0.133. The van der Waals surface area contributed by atoms with Crippen molar-refractivity contribution in [1.29, 1.82) is 0 Å². The summed E-state index contributed by atoms with van der Waals surface area (Å²) in [5.41, 5.74) is 0.485. The second-order valence-corrected chi connectivity index (χ2v) is 8.08. The van der Waals surface area contributed by atoms with E-state index < -0.39 is 0 Å². The molecule has 136 valence electrons. The van der Waals surface area contributed by atoms with E-state index >= 15 is 0 Å². The van der Waals surface area contributed by atoms with Crippen LogP contribution in [0.25, 0.3) is 0 Å². The molecule has 2 aliphatic rings. The maximum atomic E-state index is 12.6.